The van der Waals surface area contributed by atoms with Gasteiger partial charge in [-0.2, -0.15) is 4.98 Å². The van der Waals surface area contributed by atoms with E-state index in [0.717, 1.165) is 6.20 Å². The summed E-state index contributed by atoms with van der Waals surface area (Å²) in [4.78, 5) is 9.29. The average Bonchev–Trinajstić information content (AvgIpc) is 2.54. The van der Waals surface area contributed by atoms with Gasteiger partial charge in [-0.3, -0.25) is 4.90 Å². The summed E-state index contributed by atoms with van der Waals surface area (Å²) in [6.07, 6.45) is 1.04. The van der Waals surface area contributed by atoms with Crippen molar-refractivity contribution in [3.05, 3.63) is 70.6 Å². The molecule has 3 rings (SSSR count). The lowest BCUT2D eigenvalue weighted by Gasteiger charge is -2.24. The van der Waals surface area contributed by atoms with Crippen LogP contribution in [0.1, 0.15) is 0 Å². The molecule has 0 amide bonds. The van der Waals surface area contributed by atoms with Crippen molar-refractivity contribution in [2.75, 3.05) is 10.6 Å². The Morgan fingerprint density at radius 1 is 0.870 bits per heavy atom. The third-order valence-corrected chi connectivity index (χ3v) is 3.63. The Bertz CT molecular complexity index is 777. The summed E-state index contributed by atoms with van der Waals surface area (Å²) in [5.74, 6) is -0.569. The van der Waals surface area contributed by atoms with Crippen LogP contribution < -0.4 is 10.6 Å². The Hall–Kier alpha value is -2.37. The summed E-state index contributed by atoms with van der Waals surface area (Å²) in [7, 11) is 0. The Morgan fingerprint density at radius 3 is 1.83 bits per heavy atom. The monoisotopic (exact) mass is 348 g/mol. The highest BCUT2D eigenvalue weighted by Gasteiger charge is 2.18. The minimum absolute atomic E-state index is 0.0191. The molecule has 116 valence electrons. The van der Waals surface area contributed by atoms with Gasteiger partial charge in [-0.15, -0.1) is 0 Å². The van der Waals surface area contributed by atoms with Crippen LogP contribution in [-0.4, -0.2) is 9.97 Å². The van der Waals surface area contributed by atoms with Crippen molar-refractivity contribution in [1.29, 1.82) is 0 Å². The van der Waals surface area contributed by atoms with Crippen molar-refractivity contribution in [1.82, 2.24) is 9.97 Å². The number of aromatic nitrogens is 2. The van der Waals surface area contributed by atoms with Crippen molar-refractivity contribution in [3.8, 4) is 0 Å². The first-order chi connectivity index (χ1) is 11.0. The van der Waals surface area contributed by atoms with Gasteiger partial charge in [0.1, 0.15) is 0 Å². The number of rotatable bonds is 3. The largest absolute Gasteiger partial charge is 0.368 e. The zero-order valence-corrected chi connectivity index (χ0v) is 13.3. The molecule has 0 aliphatic heterocycles. The van der Waals surface area contributed by atoms with Gasteiger partial charge in [-0.05, 0) is 48.5 Å². The Labute approximate surface area is 142 Å². The highest BCUT2D eigenvalue weighted by molar-refractivity contribution is 6.31. The SMILES string of the molecule is Nc1ncc(F)c(N(c2ccc(Cl)cc2)c2ccc(Cl)cc2)n1. The number of halogens is 3. The van der Waals surface area contributed by atoms with Crippen LogP contribution in [0.4, 0.5) is 27.5 Å². The molecule has 1 heterocycles. The molecule has 4 nitrogen and oxygen atoms in total. The van der Waals surface area contributed by atoms with Crippen LogP contribution in [0.3, 0.4) is 0 Å². The summed E-state index contributed by atoms with van der Waals surface area (Å²) in [6.45, 7) is 0. The van der Waals surface area contributed by atoms with Crippen molar-refractivity contribution < 1.29 is 4.39 Å². The van der Waals surface area contributed by atoms with Gasteiger partial charge in [0.2, 0.25) is 5.95 Å². The molecule has 0 aliphatic carbocycles. The maximum Gasteiger partial charge on any atom is 0.222 e. The van der Waals surface area contributed by atoms with E-state index in [4.69, 9.17) is 28.9 Å². The molecule has 0 radical (unpaired) electrons. The first-order valence-corrected chi connectivity index (χ1v) is 7.39. The molecule has 0 bridgehead atoms. The molecule has 23 heavy (non-hydrogen) atoms. The number of hydrogen-bond donors (Lipinski definition) is 1. The first kappa shape index (κ1) is 15.5. The van der Waals surface area contributed by atoms with E-state index in [-0.39, 0.29) is 11.8 Å². The third-order valence-electron chi connectivity index (χ3n) is 3.13. The van der Waals surface area contributed by atoms with Gasteiger partial charge in [-0.1, -0.05) is 23.2 Å². The molecule has 2 aromatic carbocycles. The van der Waals surface area contributed by atoms with Gasteiger partial charge >= 0.3 is 0 Å². The lowest BCUT2D eigenvalue weighted by Crippen LogP contribution is -2.14. The second-order valence-corrected chi connectivity index (χ2v) is 5.56. The van der Waals surface area contributed by atoms with E-state index in [1.54, 1.807) is 53.4 Å². The molecule has 0 atom stereocenters. The van der Waals surface area contributed by atoms with E-state index in [1.807, 2.05) is 0 Å². The molecule has 2 N–H and O–H groups in total. The van der Waals surface area contributed by atoms with Gasteiger partial charge in [-0.25, -0.2) is 9.37 Å². The summed E-state index contributed by atoms with van der Waals surface area (Å²) in [5, 5.41) is 1.15. The van der Waals surface area contributed by atoms with Gasteiger partial charge in [0.15, 0.2) is 11.6 Å². The van der Waals surface area contributed by atoms with Crippen LogP contribution in [0.2, 0.25) is 10.0 Å². The Balaban J connectivity index is 2.18. The van der Waals surface area contributed by atoms with Crippen LogP contribution in [0.15, 0.2) is 54.7 Å². The van der Waals surface area contributed by atoms with Crippen LogP contribution in [0, 0.1) is 5.82 Å². The topological polar surface area (TPSA) is 55.0 Å². The summed E-state index contributed by atoms with van der Waals surface area (Å²) in [6, 6.07) is 13.9. The van der Waals surface area contributed by atoms with Crippen molar-refractivity contribution in [3.63, 3.8) is 0 Å². The Morgan fingerprint density at radius 2 is 1.35 bits per heavy atom. The zero-order chi connectivity index (χ0) is 16.4. The van der Waals surface area contributed by atoms with E-state index in [2.05, 4.69) is 9.97 Å². The fourth-order valence-electron chi connectivity index (χ4n) is 2.10. The molecule has 1 aromatic heterocycles. The minimum atomic E-state index is -0.593. The van der Waals surface area contributed by atoms with Crippen molar-refractivity contribution in [2.24, 2.45) is 0 Å². The van der Waals surface area contributed by atoms with Crippen LogP contribution in [0.25, 0.3) is 0 Å². The van der Waals surface area contributed by atoms with E-state index in [0.29, 0.717) is 21.4 Å². The van der Waals surface area contributed by atoms with Gasteiger partial charge < -0.3 is 5.73 Å². The second-order valence-electron chi connectivity index (χ2n) is 4.69. The molecule has 0 aliphatic rings. The fraction of sp³-hybridized carbons (Fsp3) is 0. The van der Waals surface area contributed by atoms with Gasteiger partial charge in [0.05, 0.1) is 6.20 Å². The quantitative estimate of drug-likeness (QED) is 0.725. The first-order valence-electron chi connectivity index (χ1n) is 6.64. The van der Waals surface area contributed by atoms with Crippen molar-refractivity contribution >= 4 is 46.3 Å². The van der Waals surface area contributed by atoms with Crippen LogP contribution >= 0.6 is 23.2 Å². The van der Waals surface area contributed by atoms with Gasteiger partial charge in [0, 0.05) is 21.4 Å². The van der Waals surface area contributed by atoms with E-state index >= 15 is 0 Å². The minimum Gasteiger partial charge on any atom is -0.368 e. The molecule has 0 fully saturated rings. The van der Waals surface area contributed by atoms with E-state index < -0.39 is 5.82 Å². The summed E-state index contributed by atoms with van der Waals surface area (Å²) >= 11 is 11.9. The van der Waals surface area contributed by atoms with E-state index in [9.17, 15) is 4.39 Å². The number of nitrogens with zero attached hydrogens (tertiary/aromatic N) is 3. The number of hydrogen-bond acceptors (Lipinski definition) is 4. The Kier molecular flexibility index (Phi) is 4.32. The van der Waals surface area contributed by atoms with Crippen molar-refractivity contribution in [2.45, 2.75) is 0 Å². The van der Waals surface area contributed by atoms with Gasteiger partial charge in [0.25, 0.3) is 0 Å². The predicted molar refractivity (Wildman–Crippen MR) is 91.1 cm³/mol. The fourth-order valence-corrected chi connectivity index (χ4v) is 2.35. The second kappa shape index (κ2) is 6.40. The standard InChI is InChI=1S/C16H11Cl2FN4/c17-10-1-5-12(6-2-10)23(13-7-3-11(18)4-8-13)15-14(19)9-21-16(20)22-15/h1-9H,(H2,20,21,22). The number of benzene rings is 2. The molecule has 0 unspecified atom stereocenters. The molecular weight excluding hydrogens is 338 g/mol. The maximum atomic E-state index is 14.3. The lowest BCUT2D eigenvalue weighted by atomic mass is 10.2. The smallest absolute Gasteiger partial charge is 0.222 e. The highest BCUT2D eigenvalue weighted by Crippen LogP contribution is 2.35. The number of nitrogens with two attached hydrogens (primary N) is 1. The number of nitrogen functional groups attached to an aromatic ring is 1. The highest BCUT2D eigenvalue weighted by atomic mass is 35.5. The zero-order valence-electron chi connectivity index (χ0n) is 11.7. The molecule has 7 heteroatoms. The van der Waals surface area contributed by atoms with Crippen LogP contribution in [0.5, 0.6) is 0 Å². The summed E-state index contributed by atoms with van der Waals surface area (Å²) in [5.41, 5.74) is 6.96. The molecule has 0 saturated heterocycles. The van der Waals surface area contributed by atoms with E-state index in [1.165, 1.54) is 0 Å². The van der Waals surface area contributed by atoms with Crippen LogP contribution in [-0.2, 0) is 0 Å². The third kappa shape index (κ3) is 3.36. The molecular formula is C16H11Cl2FN4. The average molecular weight is 349 g/mol. The molecule has 0 spiro atoms. The normalized spacial score (nSPS) is 10.6. The maximum absolute atomic E-state index is 14.3. The number of anilines is 4. The summed E-state index contributed by atoms with van der Waals surface area (Å²) < 4.78 is 14.3. The molecule has 0 saturated carbocycles. The predicted octanol–water partition coefficient (Wildman–Crippen LogP) is 4.97. The molecule has 3 aromatic rings. The lowest BCUT2D eigenvalue weighted by molar-refractivity contribution is 0.616.